The lowest BCUT2D eigenvalue weighted by molar-refractivity contribution is 0.525. The molecule has 1 unspecified atom stereocenters. The van der Waals surface area contributed by atoms with E-state index in [1.165, 1.54) is 0 Å². The van der Waals surface area contributed by atoms with Crippen LogP contribution in [0.2, 0.25) is 5.02 Å². The molecule has 0 aliphatic rings. The molecule has 2 nitrogen and oxygen atoms in total. The smallest absolute Gasteiger partial charge is 0.0950 e. The van der Waals surface area contributed by atoms with Crippen LogP contribution in [0.15, 0.2) is 47.3 Å². The lowest BCUT2D eigenvalue weighted by atomic mass is 10.0. The number of hydrogen-bond acceptors (Lipinski definition) is 2. The van der Waals surface area contributed by atoms with Crippen LogP contribution in [0.1, 0.15) is 24.1 Å². The van der Waals surface area contributed by atoms with E-state index in [1.54, 1.807) is 12.5 Å². The van der Waals surface area contributed by atoms with Crippen molar-refractivity contribution in [1.82, 2.24) is 5.32 Å². The predicted molar refractivity (Wildman–Crippen MR) is 70.3 cm³/mol. The minimum Gasteiger partial charge on any atom is -0.472 e. The van der Waals surface area contributed by atoms with E-state index in [4.69, 9.17) is 16.0 Å². The van der Waals surface area contributed by atoms with E-state index in [9.17, 15) is 0 Å². The number of likely N-dealkylation sites (N-methyl/N-ethyl adjacent to an activating group) is 1. The second-order valence-corrected chi connectivity index (χ2v) is 4.37. The van der Waals surface area contributed by atoms with Crippen molar-refractivity contribution >= 4 is 11.6 Å². The van der Waals surface area contributed by atoms with Crippen molar-refractivity contribution in [1.29, 1.82) is 0 Å². The lowest BCUT2D eigenvalue weighted by Crippen LogP contribution is -2.22. The van der Waals surface area contributed by atoms with Crippen molar-refractivity contribution in [2.75, 3.05) is 6.54 Å². The van der Waals surface area contributed by atoms with Gasteiger partial charge in [-0.05, 0) is 30.7 Å². The number of benzene rings is 1. The molecule has 1 atom stereocenters. The summed E-state index contributed by atoms with van der Waals surface area (Å²) < 4.78 is 5.14. The first kappa shape index (κ1) is 12.2. The number of halogens is 1. The highest BCUT2D eigenvalue weighted by Gasteiger charge is 2.13. The molecule has 0 bridgehead atoms. The summed E-state index contributed by atoms with van der Waals surface area (Å²) >= 11 is 6.18. The van der Waals surface area contributed by atoms with Gasteiger partial charge in [-0.25, -0.2) is 0 Å². The van der Waals surface area contributed by atoms with E-state index in [-0.39, 0.29) is 6.04 Å². The van der Waals surface area contributed by atoms with Crippen molar-refractivity contribution in [2.45, 2.75) is 19.4 Å². The third-order valence-corrected chi connectivity index (χ3v) is 3.15. The Kier molecular flexibility index (Phi) is 4.24. The Bertz CT molecular complexity index is 453. The molecule has 0 fully saturated rings. The van der Waals surface area contributed by atoms with Gasteiger partial charge in [-0.15, -0.1) is 0 Å². The molecule has 0 aliphatic heterocycles. The van der Waals surface area contributed by atoms with Gasteiger partial charge in [-0.3, -0.25) is 0 Å². The zero-order chi connectivity index (χ0) is 12.1. The summed E-state index contributed by atoms with van der Waals surface area (Å²) in [5.41, 5.74) is 2.31. The Morgan fingerprint density at radius 2 is 2.12 bits per heavy atom. The molecule has 0 spiro atoms. The van der Waals surface area contributed by atoms with Crippen LogP contribution in [-0.4, -0.2) is 6.54 Å². The van der Waals surface area contributed by atoms with Crippen LogP contribution in [0.3, 0.4) is 0 Å². The molecule has 1 aromatic carbocycles. The number of hydrogen-bond donors (Lipinski definition) is 1. The summed E-state index contributed by atoms with van der Waals surface area (Å²) in [6.45, 7) is 3.01. The summed E-state index contributed by atoms with van der Waals surface area (Å²) in [5, 5.41) is 4.26. The van der Waals surface area contributed by atoms with Crippen molar-refractivity contribution in [3.63, 3.8) is 0 Å². The molecule has 1 N–H and O–H groups in total. The number of rotatable bonds is 5. The summed E-state index contributed by atoms with van der Waals surface area (Å²) in [5.74, 6) is 0. The molecule has 0 saturated carbocycles. The van der Waals surface area contributed by atoms with Crippen molar-refractivity contribution in [2.24, 2.45) is 0 Å². The predicted octanol–water partition coefficient (Wildman–Crippen LogP) is 3.83. The van der Waals surface area contributed by atoms with Gasteiger partial charge < -0.3 is 9.73 Å². The van der Waals surface area contributed by atoms with Gasteiger partial charge in [0.25, 0.3) is 0 Å². The first-order valence-corrected chi connectivity index (χ1v) is 6.18. The fourth-order valence-electron chi connectivity index (χ4n) is 1.91. The Hall–Kier alpha value is -1.25. The average molecular weight is 250 g/mol. The quantitative estimate of drug-likeness (QED) is 0.871. The van der Waals surface area contributed by atoms with E-state index in [0.717, 1.165) is 29.1 Å². The van der Waals surface area contributed by atoms with Crippen molar-refractivity contribution in [3.8, 4) is 0 Å². The first-order valence-electron chi connectivity index (χ1n) is 5.80. The molecular formula is C14H16ClNO. The standard InChI is InChI=1S/C14H16ClNO/c1-2-16-14(12-7-8-17-10-12)9-11-5-3-4-6-13(11)15/h3-8,10,14,16H,2,9H2,1H3. The molecule has 1 heterocycles. The highest BCUT2D eigenvalue weighted by molar-refractivity contribution is 6.31. The van der Waals surface area contributed by atoms with Gasteiger partial charge in [-0.1, -0.05) is 36.7 Å². The maximum atomic E-state index is 6.18. The molecular weight excluding hydrogens is 234 g/mol. The number of nitrogens with one attached hydrogen (secondary N) is 1. The van der Waals surface area contributed by atoms with Crippen LogP contribution in [0.25, 0.3) is 0 Å². The Labute approximate surface area is 107 Å². The molecule has 0 saturated heterocycles. The average Bonchev–Trinajstić information content (AvgIpc) is 2.85. The maximum absolute atomic E-state index is 6.18. The third kappa shape index (κ3) is 3.11. The topological polar surface area (TPSA) is 25.2 Å². The number of furan rings is 1. The molecule has 0 aliphatic carbocycles. The van der Waals surface area contributed by atoms with E-state index in [0.29, 0.717) is 0 Å². The van der Waals surface area contributed by atoms with Gasteiger partial charge in [0.05, 0.1) is 12.5 Å². The van der Waals surface area contributed by atoms with Crippen LogP contribution in [0, 0.1) is 0 Å². The van der Waals surface area contributed by atoms with Crippen molar-refractivity contribution in [3.05, 3.63) is 59.0 Å². The van der Waals surface area contributed by atoms with Crippen LogP contribution in [0.4, 0.5) is 0 Å². The fraction of sp³-hybridized carbons (Fsp3) is 0.286. The monoisotopic (exact) mass is 249 g/mol. The molecule has 17 heavy (non-hydrogen) atoms. The molecule has 2 aromatic rings. The second-order valence-electron chi connectivity index (χ2n) is 3.96. The summed E-state index contributed by atoms with van der Waals surface area (Å²) in [6, 6.07) is 10.2. The summed E-state index contributed by atoms with van der Waals surface area (Å²) in [4.78, 5) is 0. The van der Waals surface area contributed by atoms with Gasteiger partial charge in [-0.2, -0.15) is 0 Å². The van der Waals surface area contributed by atoms with E-state index in [1.807, 2.05) is 24.3 Å². The Morgan fingerprint density at radius 1 is 1.29 bits per heavy atom. The van der Waals surface area contributed by atoms with E-state index < -0.39 is 0 Å². The molecule has 0 radical (unpaired) electrons. The van der Waals surface area contributed by atoms with Gasteiger partial charge >= 0.3 is 0 Å². The van der Waals surface area contributed by atoms with Crippen LogP contribution in [-0.2, 0) is 6.42 Å². The van der Waals surface area contributed by atoms with Gasteiger partial charge in [0.2, 0.25) is 0 Å². The minimum atomic E-state index is 0.249. The Balaban J connectivity index is 2.16. The van der Waals surface area contributed by atoms with Crippen molar-refractivity contribution < 1.29 is 4.42 Å². The highest BCUT2D eigenvalue weighted by Crippen LogP contribution is 2.23. The molecule has 2 rings (SSSR count). The molecule has 3 heteroatoms. The largest absolute Gasteiger partial charge is 0.472 e. The highest BCUT2D eigenvalue weighted by atomic mass is 35.5. The molecule has 90 valence electrons. The van der Waals surface area contributed by atoms with Gasteiger partial charge in [0, 0.05) is 16.6 Å². The summed E-state index contributed by atoms with van der Waals surface area (Å²) in [7, 11) is 0. The fourth-order valence-corrected chi connectivity index (χ4v) is 2.12. The summed E-state index contributed by atoms with van der Waals surface area (Å²) in [6.07, 6.45) is 4.35. The maximum Gasteiger partial charge on any atom is 0.0950 e. The van der Waals surface area contributed by atoms with E-state index >= 15 is 0 Å². The SMILES string of the molecule is CCNC(Cc1ccccc1Cl)c1ccoc1. The zero-order valence-electron chi connectivity index (χ0n) is 9.82. The first-order chi connectivity index (χ1) is 8.31. The van der Waals surface area contributed by atoms with E-state index in [2.05, 4.69) is 18.3 Å². The minimum absolute atomic E-state index is 0.249. The van der Waals surface area contributed by atoms with Crippen LogP contribution >= 0.6 is 11.6 Å². The third-order valence-electron chi connectivity index (χ3n) is 2.78. The molecule has 0 amide bonds. The van der Waals surface area contributed by atoms with Crippen LogP contribution in [0.5, 0.6) is 0 Å². The lowest BCUT2D eigenvalue weighted by Gasteiger charge is -2.17. The zero-order valence-corrected chi connectivity index (χ0v) is 10.6. The second kappa shape index (κ2) is 5.89. The van der Waals surface area contributed by atoms with Crippen LogP contribution < -0.4 is 5.32 Å². The van der Waals surface area contributed by atoms with Gasteiger partial charge in [0.15, 0.2) is 0 Å². The Morgan fingerprint density at radius 3 is 2.76 bits per heavy atom. The van der Waals surface area contributed by atoms with Gasteiger partial charge in [0.1, 0.15) is 0 Å². The normalized spacial score (nSPS) is 12.6. The molecule has 1 aromatic heterocycles.